The maximum Gasteiger partial charge on any atom is 0.225 e. The Kier molecular flexibility index (Phi) is 2.25. The first-order valence-corrected chi connectivity index (χ1v) is 5.98. The quantitative estimate of drug-likeness (QED) is 0.508. The van der Waals surface area contributed by atoms with E-state index in [2.05, 4.69) is 0 Å². The van der Waals surface area contributed by atoms with E-state index in [0.717, 1.165) is 52.1 Å². The van der Waals surface area contributed by atoms with Gasteiger partial charge in [-0.05, 0) is 25.3 Å². The number of pyridine rings is 1. The van der Waals surface area contributed by atoms with Gasteiger partial charge in [0.1, 0.15) is 0 Å². The first kappa shape index (κ1) is 9.91. The van der Waals surface area contributed by atoms with Gasteiger partial charge in [0, 0.05) is 18.1 Å². The number of para-hydroxylation sites is 1. The molecule has 1 aliphatic rings. The summed E-state index contributed by atoms with van der Waals surface area (Å²) in [7, 11) is 0. The minimum Gasteiger partial charge on any atom is -0.618 e. The lowest BCUT2D eigenvalue weighted by molar-refractivity contribution is -0.586. The zero-order valence-electron chi connectivity index (χ0n) is 8.87. The van der Waals surface area contributed by atoms with E-state index < -0.39 is 0 Å². The van der Waals surface area contributed by atoms with E-state index in [9.17, 15) is 5.21 Å². The largest absolute Gasteiger partial charge is 0.618 e. The molecular weight excluding hydrogens is 222 g/mol. The van der Waals surface area contributed by atoms with Crippen LogP contribution in [0.2, 0.25) is 5.02 Å². The van der Waals surface area contributed by atoms with E-state index in [0.29, 0.717) is 5.52 Å². The highest BCUT2D eigenvalue weighted by Crippen LogP contribution is 2.31. The highest BCUT2D eigenvalue weighted by Gasteiger charge is 2.24. The zero-order valence-corrected chi connectivity index (χ0v) is 9.63. The lowest BCUT2D eigenvalue weighted by atomic mass is 9.94. The van der Waals surface area contributed by atoms with E-state index in [1.54, 1.807) is 0 Å². The van der Waals surface area contributed by atoms with Crippen molar-refractivity contribution >= 4 is 22.5 Å². The van der Waals surface area contributed by atoms with Crippen molar-refractivity contribution in [1.29, 1.82) is 0 Å². The van der Waals surface area contributed by atoms with Crippen LogP contribution in [0.4, 0.5) is 0 Å². The minimum absolute atomic E-state index is 0.688. The molecule has 82 valence electrons. The van der Waals surface area contributed by atoms with Gasteiger partial charge in [0.05, 0.1) is 10.4 Å². The Balaban J connectivity index is 2.44. The molecule has 1 heterocycles. The second-order valence-corrected chi connectivity index (χ2v) is 4.64. The third-order valence-electron chi connectivity index (χ3n) is 3.31. The molecule has 3 heteroatoms. The first-order valence-electron chi connectivity index (χ1n) is 5.60. The molecule has 0 radical (unpaired) electrons. The van der Waals surface area contributed by atoms with E-state index in [1.807, 2.05) is 24.3 Å². The van der Waals surface area contributed by atoms with Crippen LogP contribution in [-0.4, -0.2) is 0 Å². The minimum atomic E-state index is 0.688. The summed E-state index contributed by atoms with van der Waals surface area (Å²) < 4.78 is 1.07. The van der Waals surface area contributed by atoms with Gasteiger partial charge in [0.25, 0.3) is 0 Å². The number of hydrogen-bond acceptors (Lipinski definition) is 1. The Morgan fingerprint density at radius 3 is 2.75 bits per heavy atom. The van der Waals surface area contributed by atoms with Crippen molar-refractivity contribution in [2.45, 2.75) is 25.7 Å². The van der Waals surface area contributed by atoms with Crippen molar-refractivity contribution in [3.8, 4) is 0 Å². The van der Waals surface area contributed by atoms with Crippen molar-refractivity contribution in [1.82, 2.24) is 0 Å². The molecule has 2 aromatic rings. The zero-order chi connectivity index (χ0) is 11.1. The summed E-state index contributed by atoms with van der Waals surface area (Å²) in [5.74, 6) is 0. The first-order chi connectivity index (χ1) is 7.79. The molecule has 3 rings (SSSR count). The number of nitrogens with zero attached hydrogens (tertiary/aromatic N) is 1. The third-order valence-corrected chi connectivity index (χ3v) is 3.74. The molecule has 0 amide bonds. The molecule has 1 aromatic heterocycles. The smallest absolute Gasteiger partial charge is 0.225 e. The summed E-state index contributed by atoms with van der Waals surface area (Å²) in [6, 6.07) is 7.55. The molecule has 0 bridgehead atoms. The van der Waals surface area contributed by atoms with Crippen LogP contribution < -0.4 is 4.73 Å². The summed E-state index contributed by atoms with van der Waals surface area (Å²) in [5.41, 5.74) is 2.62. The average Bonchev–Trinajstić information content (AvgIpc) is 2.36. The van der Waals surface area contributed by atoms with Gasteiger partial charge < -0.3 is 5.21 Å². The SMILES string of the molecule is [O-][n+]1c2c(c(Cl)c3ccccc31)CCCC2. The monoisotopic (exact) mass is 233 g/mol. The van der Waals surface area contributed by atoms with E-state index >= 15 is 0 Å². The lowest BCUT2D eigenvalue weighted by Crippen LogP contribution is -2.35. The van der Waals surface area contributed by atoms with Gasteiger partial charge in [-0.2, -0.15) is 4.73 Å². The molecule has 0 spiro atoms. The van der Waals surface area contributed by atoms with Crippen LogP contribution in [-0.2, 0) is 12.8 Å². The maximum atomic E-state index is 12.2. The maximum absolute atomic E-state index is 12.2. The highest BCUT2D eigenvalue weighted by atomic mass is 35.5. The van der Waals surface area contributed by atoms with Gasteiger partial charge in [-0.3, -0.25) is 0 Å². The van der Waals surface area contributed by atoms with Gasteiger partial charge in [-0.15, -0.1) is 0 Å². The Morgan fingerprint density at radius 2 is 1.88 bits per heavy atom. The number of fused-ring (bicyclic) bond motifs is 2. The van der Waals surface area contributed by atoms with E-state index in [1.165, 1.54) is 0 Å². The van der Waals surface area contributed by atoms with Gasteiger partial charge >= 0.3 is 0 Å². The second-order valence-electron chi connectivity index (χ2n) is 4.26. The fraction of sp³-hybridized carbons (Fsp3) is 0.308. The van der Waals surface area contributed by atoms with Crippen LogP contribution in [0.15, 0.2) is 24.3 Å². The van der Waals surface area contributed by atoms with Crippen LogP contribution in [0.3, 0.4) is 0 Å². The van der Waals surface area contributed by atoms with Crippen molar-refractivity contribution in [3.63, 3.8) is 0 Å². The van der Waals surface area contributed by atoms with Gasteiger partial charge in [-0.1, -0.05) is 23.7 Å². The molecule has 0 saturated heterocycles. The molecule has 16 heavy (non-hydrogen) atoms. The number of rotatable bonds is 0. The highest BCUT2D eigenvalue weighted by molar-refractivity contribution is 6.36. The van der Waals surface area contributed by atoms with Gasteiger partial charge in [0.15, 0.2) is 5.69 Å². The van der Waals surface area contributed by atoms with Crippen LogP contribution in [0.1, 0.15) is 24.1 Å². The van der Waals surface area contributed by atoms with Crippen LogP contribution >= 0.6 is 11.6 Å². The Labute approximate surface area is 99.0 Å². The molecule has 2 nitrogen and oxygen atoms in total. The molecule has 0 aliphatic heterocycles. The summed E-state index contributed by atoms with van der Waals surface area (Å²) in [6.07, 6.45) is 4.00. The predicted octanol–water partition coefficient (Wildman–Crippen LogP) is 3.01. The number of benzene rings is 1. The van der Waals surface area contributed by atoms with Crippen molar-refractivity contribution in [3.05, 3.63) is 45.8 Å². The van der Waals surface area contributed by atoms with Crippen molar-refractivity contribution in [2.24, 2.45) is 0 Å². The number of aromatic nitrogens is 1. The summed E-state index contributed by atoms with van der Waals surface area (Å²) >= 11 is 6.38. The normalized spacial score (nSPS) is 15.1. The second kappa shape index (κ2) is 3.63. The molecule has 0 saturated carbocycles. The fourth-order valence-electron chi connectivity index (χ4n) is 2.49. The van der Waals surface area contributed by atoms with Crippen LogP contribution in [0, 0.1) is 5.21 Å². The molecule has 1 aliphatic carbocycles. The topological polar surface area (TPSA) is 26.9 Å². The van der Waals surface area contributed by atoms with Crippen molar-refractivity contribution in [2.75, 3.05) is 0 Å². The molecule has 0 fully saturated rings. The van der Waals surface area contributed by atoms with E-state index in [4.69, 9.17) is 11.6 Å². The molecule has 0 unspecified atom stereocenters. The third kappa shape index (κ3) is 1.30. The van der Waals surface area contributed by atoms with Crippen molar-refractivity contribution < 1.29 is 4.73 Å². The number of hydrogen-bond donors (Lipinski definition) is 0. The summed E-state index contributed by atoms with van der Waals surface area (Å²) in [6.45, 7) is 0. The Morgan fingerprint density at radius 1 is 1.12 bits per heavy atom. The molecule has 1 aromatic carbocycles. The summed E-state index contributed by atoms with van der Waals surface area (Å²) in [4.78, 5) is 0. The molecular formula is C13H12ClNO. The summed E-state index contributed by atoms with van der Waals surface area (Å²) in [5, 5.41) is 13.8. The predicted molar refractivity (Wildman–Crippen MR) is 64.6 cm³/mol. The van der Waals surface area contributed by atoms with Crippen LogP contribution in [0.5, 0.6) is 0 Å². The van der Waals surface area contributed by atoms with Gasteiger partial charge in [-0.25, -0.2) is 0 Å². The standard InChI is InChI=1S/C13H12ClNO/c14-13-9-5-1-3-7-11(9)15(16)12-8-4-2-6-10(12)13/h1,3,5,7H,2,4,6,8H2. The average molecular weight is 234 g/mol. The van der Waals surface area contributed by atoms with E-state index in [-0.39, 0.29) is 0 Å². The lowest BCUT2D eigenvalue weighted by Gasteiger charge is -2.18. The fourth-order valence-corrected chi connectivity index (χ4v) is 2.86. The molecule has 0 N–H and O–H groups in total. The van der Waals surface area contributed by atoms with Crippen LogP contribution in [0.25, 0.3) is 10.9 Å². The Bertz CT molecular complexity index is 515. The Hall–Kier alpha value is -1.28. The number of halogens is 1. The molecule has 0 atom stereocenters. The van der Waals surface area contributed by atoms with Gasteiger partial charge in [0.2, 0.25) is 5.52 Å².